The first kappa shape index (κ1) is 18.4. The van der Waals surface area contributed by atoms with Crippen LogP contribution in [0, 0.1) is 12.7 Å². The summed E-state index contributed by atoms with van der Waals surface area (Å²) in [5.41, 5.74) is 0.965. The van der Waals surface area contributed by atoms with Gasteiger partial charge >= 0.3 is 0 Å². The van der Waals surface area contributed by atoms with Gasteiger partial charge in [-0.25, -0.2) is 9.37 Å². The van der Waals surface area contributed by atoms with Gasteiger partial charge in [0.1, 0.15) is 22.9 Å². The van der Waals surface area contributed by atoms with Gasteiger partial charge in [-0.15, -0.1) is 0 Å². The topological polar surface area (TPSA) is 69.0 Å². The van der Waals surface area contributed by atoms with Crippen LogP contribution in [0.5, 0.6) is 5.75 Å². The van der Waals surface area contributed by atoms with E-state index in [0.717, 1.165) is 0 Å². The number of rotatable bonds is 5. The number of carbonyl (C=O) groups excluding carboxylic acids is 1. The first-order valence-corrected chi connectivity index (χ1v) is 9.49. The summed E-state index contributed by atoms with van der Waals surface area (Å²) >= 11 is 7.11. The van der Waals surface area contributed by atoms with Gasteiger partial charge in [-0.2, -0.15) is 9.78 Å². The van der Waals surface area contributed by atoms with Crippen molar-refractivity contribution < 1.29 is 13.9 Å². The summed E-state index contributed by atoms with van der Waals surface area (Å²) in [4.78, 5) is 16.6. The Morgan fingerprint density at radius 2 is 2.07 bits per heavy atom. The third-order valence-corrected chi connectivity index (χ3v) is 5.07. The highest BCUT2D eigenvalue weighted by molar-refractivity contribution is 7.20. The van der Waals surface area contributed by atoms with E-state index < -0.39 is 5.82 Å². The molecular weight excluding hydrogens is 403 g/mol. The van der Waals surface area contributed by atoms with Gasteiger partial charge in [-0.1, -0.05) is 29.0 Å². The molecule has 0 bridgehead atoms. The van der Waals surface area contributed by atoms with Gasteiger partial charge in [0.25, 0.3) is 5.91 Å². The minimum Gasteiger partial charge on any atom is -0.484 e. The summed E-state index contributed by atoms with van der Waals surface area (Å²) in [7, 11) is 0. The molecule has 0 unspecified atom stereocenters. The molecule has 2 aromatic carbocycles. The van der Waals surface area contributed by atoms with Crippen molar-refractivity contribution >= 4 is 44.9 Å². The van der Waals surface area contributed by atoms with Crippen molar-refractivity contribution in [1.29, 1.82) is 0 Å². The molecule has 9 heteroatoms. The van der Waals surface area contributed by atoms with Crippen LogP contribution >= 0.6 is 22.9 Å². The highest BCUT2D eigenvalue weighted by atomic mass is 35.5. The average Bonchev–Trinajstić information content (AvgIpc) is 3.25. The molecule has 142 valence electrons. The predicted molar refractivity (Wildman–Crippen MR) is 107 cm³/mol. The van der Waals surface area contributed by atoms with Crippen molar-refractivity contribution in [1.82, 2.24) is 14.8 Å². The van der Waals surface area contributed by atoms with Gasteiger partial charge in [-0.3, -0.25) is 4.79 Å². The molecule has 0 spiro atoms. The molecule has 2 aromatic heterocycles. The van der Waals surface area contributed by atoms with Gasteiger partial charge in [0.05, 0.1) is 10.4 Å². The third-order valence-electron chi connectivity index (χ3n) is 3.82. The Kier molecular flexibility index (Phi) is 4.97. The van der Waals surface area contributed by atoms with E-state index in [1.165, 1.54) is 22.1 Å². The molecule has 0 aliphatic heterocycles. The molecule has 0 saturated heterocycles. The maximum absolute atomic E-state index is 13.9. The van der Waals surface area contributed by atoms with Gasteiger partial charge in [0.15, 0.2) is 6.61 Å². The first-order chi connectivity index (χ1) is 13.5. The summed E-state index contributed by atoms with van der Waals surface area (Å²) in [5.74, 6) is 0.210. The maximum Gasteiger partial charge on any atom is 0.263 e. The molecule has 4 rings (SSSR count). The van der Waals surface area contributed by atoms with Crippen LogP contribution in [-0.2, 0) is 4.79 Å². The Balaban J connectivity index is 1.53. The second-order valence-electron chi connectivity index (χ2n) is 5.96. The molecule has 1 N–H and O–H groups in total. The number of halogens is 2. The van der Waals surface area contributed by atoms with Crippen LogP contribution < -0.4 is 10.1 Å². The number of anilines is 1. The van der Waals surface area contributed by atoms with Gasteiger partial charge < -0.3 is 10.1 Å². The van der Waals surface area contributed by atoms with Crippen molar-refractivity contribution in [2.75, 3.05) is 11.9 Å². The highest BCUT2D eigenvalue weighted by Gasteiger charge is 2.16. The minimum atomic E-state index is -0.397. The smallest absolute Gasteiger partial charge is 0.263 e. The second-order valence-corrected chi connectivity index (χ2v) is 7.40. The lowest BCUT2D eigenvalue weighted by molar-refractivity contribution is -0.118. The SMILES string of the molecule is Cc1cc(NC(=O)COc2ccc(Cl)cc2)n(-c2nc3c(F)cccc3s2)n1. The van der Waals surface area contributed by atoms with Crippen molar-refractivity contribution in [3.8, 4) is 10.9 Å². The number of carbonyl (C=O) groups is 1. The van der Waals surface area contributed by atoms with Crippen molar-refractivity contribution in [2.24, 2.45) is 0 Å². The Morgan fingerprint density at radius 3 is 2.82 bits per heavy atom. The molecule has 0 radical (unpaired) electrons. The lowest BCUT2D eigenvalue weighted by Gasteiger charge is -2.08. The fourth-order valence-electron chi connectivity index (χ4n) is 2.59. The van der Waals surface area contributed by atoms with Crippen molar-refractivity contribution in [2.45, 2.75) is 6.92 Å². The van der Waals surface area contributed by atoms with Crippen LogP contribution in [0.2, 0.25) is 5.02 Å². The zero-order valence-electron chi connectivity index (χ0n) is 14.6. The molecule has 0 atom stereocenters. The molecule has 0 saturated carbocycles. The largest absolute Gasteiger partial charge is 0.484 e. The zero-order valence-corrected chi connectivity index (χ0v) is 16.2. The number of nitrogens with one attached hydrogen (secondary N) is 1. The lowest BCUT2D eigenvalue weighted by atomic mass is 10.3. The summed E-state index contributed by atoms with van der Waals surface area (Å²) in [5, 5.41) is 8.16. The standard InChI is InChI=1S/C19H14ClFN4O2S/c1-11-9-16(22-17(26)10-27-13-7-5-12(20)6-8-13)25(24-11)19-23-18-14(21)3-2-4-15(18)28-19/h2-9H,10H2,1H3,(H,22,26). The number of aromatic nitrogens is 3. The molecule has 28 heavy (non-hydrogen) atoms. The van der Waals surface area contributed by atoms with E-state index >= 15 is 0 Å². The molecule has 0 fully saturated rings. The van der Waals surface area contributed by atoms with E-state index in [-0.39, 0.29) is 18.0 Å². The van der Waals surface area contributed by atoms with Crippen LogP contribution in [0.3, 0.4) is 0 Å². The molecule has 2 heterocycles. The van der Waals surface area contributed by atoms with E-state index in [0.29, 0.717) is 32.1 Å². The quantitative estimate of drug-likeness (QED) is 0.516. The van der Waals surface area contributed by atoms with Gasteiger partial charge in [-0.05, 0) is 43.3 Å². The number of nitrogens with zero attached hydrogens (tertiary/aromatic N) is 3. The molecular formula is C19H14ClFN4O2S. The van der Waals surface area contributed by atoms with E-state index in [9.17, 15) is 9.18 Å². The Labute approximate surface area is 168 Å². The van der Waals surface area contributed by atoms with Crippen LogP contribution in [0.15, 0.2) is 48.5 Å². The maximum atomic E-state index is 13.9. The normalized spacial score (nSPS) is 11.0. The predicted octanol–water partition coefficient (Wildman–Crippen LogP) is 4.60. The number of aryl methyl sites for hydroxylation is 1. The molecule has 6 nitrogen and oxygen atoms in total. The summed E-state index contributed by atoms with van der Waals surface area (Å²) in [6, 6.07) is 13.2. The van der Waals surface area contributed by atoms with Gasteiger partial charge in [0, 0.05) is 11.1 Å². The number of fused-ring (bicyclic) bond motifs is 1. The highest BCUT2D eigenvalue weighted by Crippen LogP contribution is 2.28. The minimum absolute atomic E-state index is 0.180. The Morgan fingerprint density at radius 1 is 1.29 bits per heavy atom. The number of thiazole rings is 1. The van der Waals surface area contributed by atoms with Crippen molar-refractivity contribution in [3.63, 3.8) is 0 Å². The van der Waals surface area contributed by atoms with E-state index in [1.54, 1.807) is 49.4 Å². The van der Waals surface area contributed by atoms with Crippen LogP contribution in [0.1, 0.15) is 5.69 Å². The first-order valence-electron chi connectivity index (χ1n) is 8.30. The second kappa shape index (κ2) is 7.57. The number of para-hydroxylation sites is 1. The number of amides is 1. The summed E-state index contributed by atoms with van der Waals surface area (Å²) in [6.45, 7) is 1.62. The van der Waals surface area contributed by atoms with E-state index in [4.69, 9.17) is 16.3 Å². The fraction of sp³-hybridized carbons (Fsp3) is 0.105. The molecule has 0 aliphatic carbocycles. The molecule has 0 aliphatic rings. The van der Waals surface area contributed by atoms with E-state index in [2.05, 4.69) is 15.4 Å². The molecule has 1 amide bonds. The van der Waals surface area contributed by atoms with Crippen molar-refractivity contribution in [3.05, 3.63) is 65.1 Å². The number of hydrogen-bond donors (Lipinski definition) is 1. The molecule has 4 aromatic rings. The Bertz CT molecular complexity index is 1160. The lowest BCUT2D eigenvalue weighted by Crippen LogP contribution is -2.21. The van der Waals surface area contributed by atoms with E-state index in [1.807, 2.05) is 0 Å². The van der Waals surface area contributed by atoms with Crippen LogP contribution in [0.25, 0.3) is 15.3 Å². The number of hydrogen-bond acceptors (Lipinski definition) is 5. The third kappa shape index (κ3) is 3.83. The summed E-state index contributed by atoms with van der Waals surface area (Å²) in [6.07, 6.45) is 0. The van der Waals surface area contributed by atoms with Gasteiger partial charge in [0.2, 0.25) is 5.13 Å². The fourth-order valence-corrected chi connectivity index (χ4v) is 3.66. The number of ether oxygens (including phenoxy) is 1. The van der Waals surface area contributed by atoms with Crippen LogP contribution in [-0.4, -0.2) is 27.3 Å². The monoisotopic (exact) mass is 416 g/mol. The average molecular weight is 417 g/mol. The number of benzene rings is 2. The Hall–Kier alpha value is -2.97. The zero-order chi connectivity index (χ0) is 19.7. The van der Waals surface area contributed by atoms with Crippen LogP contribution in [0.4, 0.5) is 10.2 Å². The summed E-state index contributed by atoms with van der Waals surface area (Å²) < 4.78 is 21.6.